The minimum Gasteiger partial charge on any atom is -0.504 e. The lowest BCUT2D eigenvalue weighted by atomic mass is 9.42. The highest BCUT2D eigenvalue weighted by Crippen LogP contribution is 2.71. The Morgan fingerprint density at radius 1 is 1.06 bits per heavy atom. The van der Waals surface area contributed by atoms with Gasteiger partial charge in [0.25, 0.3) is 5.91 Å². The molecule has 2 aromatic carbocycles. The van der Waals surface area contributed by atoms with E-state index in [1.165, 1.54) is 30.5 Å². The second kappa shape index (κ2) is 7.29. The maximum atomic E-state index is 13.6. The molecule has 2 aromatic rings. The number of likely N-dealkylation sites (tertiary alicyclic amines) is 1. The Labute approximate surface area is 212 Å². The van der Waals surface area contributed by atoms with E-state index in [4.69, 9.17) is 4.74 Å². The van der Waals surface area contributed by atoms with Gasteiger partial charge in [-0.1, -0.05) is 30.2 Å². The number of amides is 1. The van der Waals surface area contributed by atoms with Crippen molar-refractivity contribution in [2.45, 2.75) is 68.5 Å². The summed E-state index contributed by atoms with van der Waals surface area (Å²) in [6, 6.07) is 14.2. The van der Waals surface area contributed by atoms with E-state index in [2.05, 4.69) is 22.8 Å². The van der Waals surface area contributed by atoms with Crippen molar-refractivity contribution in [1.82, 2.24) is 9.80 Å². The number of benzene rings is 2. The van der Waals surface area contributed by atoms with Crippen molar-refractivity contribution in [3.63, 3.8) is 0 Å². The predicted octanol–water partition coefficient (Wildman–Crippen LogP) is 3.86. The largest absolute Gasteiger partial charge is 0.504 e. The summed E-state index contributed by atoms with van der Waals surface area (Å²) in [5, 5.41) is 10.9. The van der Waals surface area contributed by atoms with Crippen LogP contribution in [0.4, 0.5) is 0 Å². The maximum Gasteiger partial charge on any atom is 0.299 e. The summed E-state index contributed by atoms with van der Waals surface area (Å²) in [7, 11) is 0. The first kappa shape index (κ1) is 21.1. The zero-order valence-corrected chi connectivity index (χ0v) is 20.6. The molecule has 7 aliphatic rings. The van der Waals surface area contributed by atoms with E-state index in [1.54, 1.807) is 0 Å². The molecule has 184 valence electrons. The van der Waals surface area contributed by atoms with Gasteiger partial charge in [-0.3, -0.25) is 9.69 Å². The van der Waals surface area contributed by atoms with Gasteiger partial charge in [-0.05, 0) is 81.2 Å². The van der Waals surface area contributed by atoms with E-state index in [-0.39, 0.29) is 34.6 Å². The van der Waals surface area contributed by atoms with Gasteiger partial charge in [0, 0.05) is 47.0 Å². The molecular weight excluding hydrogens is 448 g/mol. The maximum absolute atomic E-state index is 13.6. The molecule has 0 aromatic heterocycles. The van der Waals surface area contributed by atoms with Gasteiger partial charge >= 0.3 is 0 Å². The zero-order chi connectivity index (χ0) is 24.1. The van der Waals surface area contributed by atoms with Gasteiger partial charge in [0.1, 0.15) is 6.10 Å². The number of phenolic OH excluding ortho intramolecular Hbond substituents is 1. The fourth-order valence-electron chi connectivity index (χ4n) is 8.96. The number of rotatable bonds is 2. The van der Waals surface area contributed by atoms with Crippen LogP contribution in [0.1, 0.15) is 55.2 Å². The minimum atomic E-state index is -0.121. The van der Waals surface area contributed by atoms with Crippen LogP contribution in [0.3, 0.4) is 0 Å². The molecule has 9 rings (SSSR count). The van der Waals surface area contributed by atoms with E-state index < -0.39 is 0 Å². The van der Waals surface area contributed by atoms with Crippen molar-refractivity contribution in [2.24, 2.45) is 11.3 Å². The standard InChI is InChI=1S/C31H32N2O3/c34-24-10-9-22-18-25-30-13-12-23(33(17-14-30)26(35)11-8-20-4-2-1-3-5-20)29-31(30,27(22)28(24)36-29)15-16-32(25)19-21-6-7-21/h1-5,9-10,21,23,25,29,34H,6-7,12-19H2/t23-,25-,29+,30-,31+/m1/s1. The van der Waals surface area contributed by atoms with Crippen LogP contribution in [-0.2, 0) is 16.6 Å². The Balaban J connectivity index is 1.24. The SMILES string of the molecule is O=C(C#Cc1ccccc1)N1CC[C@@]23CC[C@@H]1[C@@H]1Oc4c(O)ccc5c4[C@@]12CCN(CC1CC1)[C@@H]3C5. The topological polar surface area (TPSA) is 53.0 Å². The molecule has 0 radical (unpaired) electrons. The second-order valence-electron chi connectivity index (χ2n) is 12.0. The lowest BCUT2D eigenvalue weighted by molar-refractivity contribution is -0.140. The van der Waals surface area contributed by atoms with Gasteiger partial charge < -0.3 is 14.7 Å². The molecule has 3 aliphatic carbocycles. The third-order valence-electron chi connectivity index (χ3n) is 10.5. The highest BCUT2D eigenvalue weighted by atomic mass is 16.5. The van der Waals surface area contributed by atoms with Crippen LogP contribution < -0.4 is 4.74 Å². The van der Waals surface area contributed by atoms with Crippen molar-refractivity contribution in [2.75, 3.05) is 19.6 Å². The molecule has 4 heterocycles. The number of fused-ring (bicyclic) bond motifs is 3. The smallest absolute Gasteiger partial charge is 0.299 e. The third-order valence-corrected chi connectivity index (χ3v) is 10.5. The quantitative estimate of drug-likeness (QED) is 0.664. The minimum absolute atomic E-state index is 0.00780. The Bertz CT molecular complexity index is 1320. The molecule has 2 saturated carbocycles. The van der Waals surface area contributed by atoms with Crippen molar-refractivity contribution >= 4 is 5.91 Å². The fourth-order valence-corrected chi connectivity index (χ4v) is 8.96. The zero-order valence-electron chi connectivity index (χ0n) is 20.6. The van der Waals surface area contributed by atoms with Gasteiger partial charge in [0.15, 0.2) is 11.5 Å². The normalized spacial score (nSPS) is 35.3. The van der Waals surface area contributed by atoms with E-state index >= 15 is 0 Å². The summed E-state index contributed by atoms with van der Waals surface area (Å²) in [6.45, 7) is 3.04. The van der Waals surface area contributed by atoms with Gasteiger partial charge in [-0.15, -0.1) is 0 Å². The van der Waals surface area contributed by atoms with Crippen molar-refractivity contribution in [1.29, 1.82) is 0 Å². The first-order valence-corrected chi connectivity index (χ1v) is 13.7. The summed E-state index contributed by atoms with van der Waals surface area (Å²) < 4.78 is 6.78. The summed E-state index contributed by atoms with van der Waals surface area (Å²) in [6.07, 6.45) is 7.76. The van der Waals surface area contributed by atoms with Gasteiger partial charge in [0.2, 0.25) is 0 Å². The molecular formula is C31H32N2O3. The Morgan fingerprint density at radius 3 is 2.75 bits per heavy atom. The predicted molar refractivity (Wildman–Crippen MR) is 136 cm³/mol. The molecule has 1 amide bonds. The van der Waals surface area contributed by atoms with E-state index in [0.29, 0.717) is 11.8 Å². The van der Waals surface area contributed by atoms with Crippen LogP contribution in [-0.4, -0.2) is 58.6 Å². The molecule has 5 atom stereocenters. The first-order valence-electron chi connectivity index (χ1n) is 13.7. The van der Waals surface area contributed by atoms with Crippen LogP contribution in [0.5, 0.6) is 11.5 Å². The summed E-state index contributed by atoms with van der Waals surface area (Å²) in [4.78, 5) is 18.4. The number of carbonyl (C=O) groups excluding carboxylic acids is 1. The van der Waals surface area contributed by atoms with Gasteiger partial charge in [0.05, 0.1) is 6.04 Å². The summed E-state index contributed by atoms with van der Waals surface area (Å²) in [5.74, 6) is 7.77. The second-order valence-corrected chi connectivity index (χ2v) is 12.0. The lowest BCUT2D eigenvalue weighted by Crippen LogP contribution is -2.72. The molecule has 3 saturated heterocycles. The third kappa shape index (κ3) is 2.64. The van der Waals surface area contributed by atoms with Crippen molar-refractivity contribution in [3.8, 4) is 23.3 Å². The Kier molecular flexibility index (Phi) is 4.28. The average molecular weight is 481 g/mol. The monoisotopic (exact) mass is 480 g/mol. The molecule has 4 aliphatic heterocycles. The van der Waals surface area contributed by atoms with Crippen LogP contribution in [0.2, 0.25) is 0 Å². The molecule has 1 N–H and O–H groups in total. The number of phenols is 1. The highest BCUT2D eigenvalue weighted by molar-refractivity contribution is 5.94. The molecule has 36 heavy (non-hydrogen) atoms. The first-order chi connectivity index (χ1) is 17.6. The average Bonchev–Trinajstić information content (AvgIpc) is 3.69. The van der Waals surface area contributed by atoms with E-state index in [0.717, 1.165) is 56.7 Å². The number of hydrogen-bond acceptors (Lipinski definition) is 4. The number of carbonyl (C=O) groups is 1. The van der Waals surface area contributed by atoms with Crippen LogP contribution in [0.25, 0.3) is 0 Å². The van der Waals surface area contributed by atoms with E-state index in [9.17, 15) is 9.90 Å². The molecule has 5 fully saturated rings. The molecule has 2 spiro atoms. The number of piperidine rings is 1. The molecule has 5 nitrogen and oxygen atoms in total. The van der Waals surface area contributed by atoms with Crippen molar-refractivity contribution < 1.29 is 14.6 Å². The molecule has 0 unspecified atom stereocenters. The summed E-state index contributed by atoms with van der Waals surface area (Å²) in [5.41, 5.74) is 3.46. The van der Waals surface area contributed by atoms with Crippen LogP contribution in [0.15, 0.2) is 42.5 Å². The molecule has 5 heteroatoms. The van der Waals surface area contributed by atoms with Gasteiger partial charge in [-0.25, -0.2) is 0 Å². The van der Waals surface area contributed by atoms with Crippen LogP contribution in [0, 0.1) is 23.2 Å². The number of hydrogen-bond donors (Lipinski definition) is 1. The Hall–Kier alpha value is -2.97. The van der Waals surface area contributed by atoms with Crippen molar-refractivity contribution in [3.05, 3.63) is 59.2 Å². The van der Waals surface area contributed by atoms with Crippen LogP contribution >= 0.6 is 0 Å². The number of ether oxygens (including phenoxy) is 1. The highest BCUT2D eigenvalue weighted by Gasteiger charge is 2.74. The Morgan fingerprint density at radius 2 is 1.92 bits per heavy atom. The number of aromatic hydroxyl groups is 1. The summed E-state index contributed by atoms with van der Waals surface area (Å²) >= 11 is 0. The fraction of sp³-hybridized carbons (Fsp3) is 0.516. The van der Waals surface area contributed by atoms with Gasteiger partial charge in [-0.2, -0.15) is 0 Å². The number of nitrogens with zero attached hydrogens (tertiary/aromatic N) is 2. The molecule has 4 bridgehead atoms. The van der Waals surface area contributed by atoms with E-state index in [1.807, 2.05) is 41.3 Å². The lowest BCUT2D eigenvalue weighted by Gasteiger charge is -2.65.